The van der Waals surface area contributed by atoms with Crippen LogP contribution in [0.15, 0.2) is 52.5 Å². The Labute approximate surface area is 161 Å². The average molecular weight is 391 g/mol. The van der Waals surface area contributed by atoms with E-state index in [1.165, 1.54) is 0 Å². The topological polar surface area (TPSA) is 166 Å². The number of benzene rings is 2. The highest BCUT2D eigenvalue weighted by Crippen LogP contribution is 2.31. The van der Waals surface area contributed by atoms with Gasteiger partial charge in [0, 0.05) is 12.1 Å². The molecule has 0 aromatic heterocycles. The largest absolute Gasteiger partial charge is 0.384 e. The summed E-state index contributed by atoms with van der Waals surface area (Å²) in [6, 6.07) is 12.5. The van der Waals surface area contributed by atoms with Crippen LogP contribution in [-0.4, -0.2) is 21.7 Å². The first kappa shape index (κ1) is 21.0. The zero-order valence-electron chi connectivity index (χ0n) is 15.2. The minimum absolute atomic E-state index is 0.0652. The van der Waals surface area contributed by atoms with Crippen molar-refractivity contribution in [3.05, 3.63) is 53.6 Å². The molecule has 0 spiro atoms. The molecule has 0 amide bonds. The van der Waals surface area contributed by atoms with Crippen molar-refractivity contribution in [2.45, 2.75) is 30.3 Å². The summed E-state index contributed by atoms with van der Waals surface area (Å²) in [5.74, 6) is 5.29. The van der Waals surface area contributed by atoms with Crippen LogP contribution >= 0.6 is 0 Å². The van der Waals surface area contributed by atoms with Crippen molar-refractivity contribution in [3.63, 3.8) is 0 Å². The van der Waals surface area contributed by atoms with Crippen molar-refractivity contribution in [1.82, 2.24) is 5.53 Å². The fourth-order valence-corrected chi connectivity index (χ4v) is 3.70. The molecule has 2 rings (SSSR count). The molecule has 0 aliphatic carbocycles. The van der Waals surface area contributed by atoms with E-state index in [9.17, 15) is 9.32 Å². The van der Waals surface area contributed by atoms with Gasteiger partial charge < -0.3 is 16.6 Å². The molecule has 2 aromatic carbocycles. The normalized spacial score (nSPS) is 15.2. The second-order valence-corrected chi connectivity index (χ2v) is 7.20. The van der Waals surface area contributed by atoms with Crippen LogP contribution in [0.3, 0.4) is 0 Å². The van der Waals surface area contributed by atoms with Gasteiger partial charge >= 0.3 is 0 Å². The molecule has 8 nitrogen and oxygen atoms in total. The van der Waals surface area contributed by atoms with Gasteiger partial charge in [-0.3, -0.25) is 0 Å². The highest BCUT2D eigenvalue weighted by molar-refractivity contribution is 7.82. The Balaban J connectivity index is 2.57. The Hall–Kier alpha value is -2.30. The van der Waals surface area contributed by atoms with Crippen LogP contribution < -0.4 is 28.0 Å². The molecular weight excluding hydrogens is 364 g/mol. The van der Waals surface area contributed by atoms with Crippen molar-refractivity contribution >= 4 is 16.8 Å². The van der Waals surface area contributed by atoms with Crippen LogP contribution in [-0.2, 0) is 16.6 Å². The molecule has 146 valence electrons. The summed E-state index contributed by atoms with van der Waals surface area (Å²) in [5.41, 5.74) is 15.5. The fraction of sp³-hybridized carbons (Fsp3) is 0.278. The number of amidine groups is 1. The first-order valence-corrected chi connectivity index (χ1v) is 9.71. The number of aliphatic hydroxyl groups is 1. The average Bonchev–Trinajstić information content (AvgIpc) is 2.67. The Kier molecular flexibility index (Phi) is 7.05. The monoisotopic (exact) mass is 390 g/mol. The number of hydrazine groups is 1. The lowest BCUT2D eigenvalue weighted by Crippen LogP contribution is -2.34. The third-order valence-electron chi connectivity index (χ3n) is 4.42. The van der Waals surface area contributed by atoms with Crippen LogP contribution in [0.1, 0.15) is 30.9 Å². The van der Waals surface area contributed by atoms with Gasteiger partial charge in [0.05, 0.1) is 4.90 Å². The standard InChI is InChI=1S/C18H26N6O2S/c1-2-10-18(25,11-19)13-8-6-12(7-9-13)14-4-3-5-15(27(22)26)16(14)17(20)23-24-21/h3-9,24-25H,2,10-11,19,21-22H2,1H3,(H2,20,23). The molecule has 2 aromatic rings. The molecule has 0 fully saturated rings. The number of nitrogens with two attached hydrogens (primary N) is 4. The summed E-state index contributed by atoms with van der Waals surface area (Å²) in [4.78, 5) is 0.345. The van der Waals surface area contributed by atoms with Gasteiger partial charge in [-0.2, -0.15) is 0 Å². The van der Waals surface area contributed by atoms with Crippen molar-refractivity contribution in [1.29, 1.82) is 0 Å². The lowest BCUT2D eigenvalue weighted by molar-refractivity contribution is 0.0359. The highest BCUT2D eigenvalue weighted by atomic mass is 32.2. The first-order chi connectivity index (χ1) is 12.9. The molecule has 0 bridgehead atoms. The van der Waals surface area contributed by atoms with Gasteiger partial charge in [0.25, 0.3) is 0 Å². The number of hydrogen-bond donors (Lipinski definition) is 6. The van der Waals surface area contributed by atoms with E-state index in [1.54, 1.807) is 12.1 Å². The summed E-state index contributed by atoms with van der Waals surface area (Å²) >= 11 is 0. The van der Waals surface area contributed by atoms with E-state index in [-0.39, 0.29) is 12.4 Å². The zero-order chi connectivity index (χ0) is 20.0. The Morgan fingerprint density at radius 1 is 1.26 bits per heavy atom. The van der Waals surface area contributed by atoms with Gasteiger partial charge in [-0.1, -0.05) is 49.7 Å². The van der Waals surface area contributed by atoms with Gasteiger partial charge in [-0.25, -0.2) is 20.7 Å². The maximum absolute atomic E-state index is 11.9. The maximum atomic E-state index is 11.9. The number of hydrazone groups is 1. The van der Waals surface area contributed by atoms with E-state index in [1.807, 2.05) is 37.3 Å². The fourth-order valence-electron chi connectivity index (χ4n) is 3.07. The van der Waals surface area contributed by atoms with E-state index >= 15 is 0 Å². The van der Waals surface area contributed by atoms with Gasteiger partial charge in [-0.15, -0.1) is 5.10 Å². The summed E-state index contributed by atoms with van der Waals surface area (Å²) in [6.45, 7) is 2.13. The van der Waals surface area contributed by atoms with Crippen molar-refractivity contribution in [3.8, 4) is 11.1 Å². The number of hydrogen-bond acceptors (Lipinski definition) is 6. The van der Waals surface area contributed by atoms with Crippen LogP contribution in [0.5, 0.6) is 0 Å². The first-order valence-electron chi connectivity index (χ1n) is 8.49. The zero-order valence-corrected chi connectivity index (χ0v) is 16.0. The predicted octanol–water partition coefficient (Wildman–Crippen LogP) is 0.365. The highest BCUT2D eigenvalue weighted by Gasteiger charge is 2.26. The van der Waals surface area contributed by atoms with E-state index in [0.717, 1.165) is 17.5 Å². The lowest BCUT2D eigenvalue weighted by atomic mass is 9.88. The van der Waals surface area contributed by atoms with Crippen LogP contribution in [0, 0.1) is 0 Å². The molecule has 0 aliphatic heterocycles. The quantitative estimate of drug-likeness (QED) is 0.165. The molecule has 2 unspecified atom stereocenters. The van der Waals surface area contributed by atoms with Crippen molar-refractivity contribution < 1.29 is 9.32 Å². The maximum Gasteiger partial charge on any atom is 0.154 e. The van der Waals surface area contributed by atoms with E-state index in [2.05, 4.69) is 10.6 Å². The Morgan fingerprint density at radius 3 is 2.44 bits per heavy atom. The molecule has 9 heteroatoms. The van der Waals surface area contributed by atoms with Gasteiger partial charge in [0.1, 0.15) is 16.6 Å². The lowest BCUT2D eigenvalue weighted by Gasteiger charge is -2.27. The molecule has 0 heterocycles. The number of nitrogens with one attached hydrogen (secondary N) is 1. The molecule has 27 heavy (non-hydrogen) atoms. The molecule has 0 aliphatic rings. The molecule has 0 saturated heterocycles. The SMILES string of the molecule is CCCC(O)(CN)c1ccc(-c2cccc(S(N)=O)c2/C(N)=N/NN)cc1. The Bertz CT molecular complexity index is 840. The van der Waals surface area contributed by atoms with Crippen LogP contribution in [0.2, 0.25) is 0 Å². The molecular formula is C18H26N6O2S. The minimum Gasteiger partial charge on any atom is -0.384 e. The number of nitrogens with zero attached hydrogens (tertiary/aromatic N) is 1. The van der Waals surface area contributed by atoms with Crippen LogP contribution in [0.25, 0.3) is 11.1 Å². The molecule has 2 atom stereocenters. The van der Waals surface area contributed by atoms with E-state index in [0.29, 0.717) is 22.4 Å². The van der Waals surface area contributed by atoms with Gasteiger partial charge in [0.2, 0.25) is 0 Å². The van der Waals surface area contributed by atoms with Gasteiger partial charge in [0.15, 0.2) is 5.84 Å². The van der Waals surface area contributed by atoms with Gasteiger partial charge in [-0.05, 0) is 29.2 Å². The summed E-state index contributed by atoms with van der Waals surface area (Å²) < 4.78 is 11.9. The predicted molar refractivity (Wildman–Crippen MR) is 108 cm³/mol. The third-order valence-corrected chi connectivity index (χ3v) is 5.19. The smallest absolute Gasteiger partial charge is 0.154 e. The molecule has 10 N–H and O–H groups in total. The Morgan fingerprint density at radius 2 is 1.93 bits per heavy atom. The second-order valence-electron chi connectivity index (χ2n) is 6.17. The summed E-state index contributed by atoms with van der Waals surface area (Å²) in [7, 11) is -1.76. The molecule has 0 radical (unpaired) electrons. The second kappa shape index (κ2) is 9.07. The number of rotatable bonds is 8. The molecule has 0 saturated carbocycles. The van der Waals surface area contributed by atoms with Crippen molar-refractivity contribution in [2.75, 3.05) is 6.54 Å². The van der Waals surface area contributed by atoms with E-state index in [4.69, 9.17) is 22.4 Å². The third kappa shape index (κ3) is 4.52. The van der Waals surface area contributed by atoms with E-state index < -0.39 is 16.6 Å². The summed E-state index contributed by atoms with van der Waals surface area (Å²) in [5, 5.41) is 20.1. The minimum atomic E-state index is -1.76. The summed E-state index contributed by atoms with van der Waals surface area (Å²) in [6.07, 6.45) is 1.38. The van der Waals surface area contributed by atoms with Crippen LogP contribution in [0.4, 0.5) is 0 Å². The van der Waals surface area contributed by atoms with Crippen molar-refractivity contribution in [2.24, 2.45) is 27.6 Å².